The summed E-state index contributed by atoms with van der Waals surface area (Å²) in [7, 11) is 4.95. The molecule has 0 saturated heterocycles. The zero-order valence-corrected chi connectivity index (χ0v) is 54.3. The summed E-state index contributed by atoms with van der Waals surface area (Å²) in [6.45, 7) is 21.9. The van der Waals surface area contributed by atoms with Crippen LogP contribution in [0.5, 0.6) is 17.2 Å². The molecule has 0 radical (unpaired) electrons. The number of unbranched alkanes of at least 4 members (excludes halogenated alkanes) is 1. The summed E-state index contributed by atoms with van der Waals surface area (Å²) in [4.78, 5) is 39.0. The lowest BCUT2D eigenvalue weighted by Crippen LogP contribution is -2.17. The molecule has 9 rings (SSSR count). The number of nitrogen functional groups attached to an aromatic ring is 3. The minimum Gasteiger partial charge on any atom is -0.496 e. The molecule has 0 spiro atoms. The molecule has 0 aromatic carbocycles. The first-order chi connectivity index (χ1) is 41.5. The summed E-state index contributed by atoms with van der Waals surface area (Å²) >= 11 is 19.1. The Balaban J connectivity index is 0.000000189. The van der Waals surface area contributed by atoms with Gasteiger partial charge in [-0.05, 0) is 95.4 Å². The Morgan fingerprint density at radius 2 is 0.830 bits per heavy atom. The molecule has 0 fully saturated rings. The van der Waals surface area contributed by atoms with E-state index in [1.54, 1.807) is 74.5 Å². The number of fused-ring (bicyclic) bond motifs is 3. The van der Waals surface area contributed by atoms with Gasteiger partial charge in [0.2, 0.25) is 17.8 Å². The maximum atomic E-state index is 9.87. The van der Waals surface area contributed by atoms with Crippen LogP contribution < -0.4 is 31.4 Å². The third-order valence-electron chi connectivity index (χ3n) is 14.1. The normalized spacial score (nSPS) is 11.6. The molecule has 9 aromatic heterocycles. The highest BCUT2D eigenvalue weighted by molar-refractivity contribution is 6.35. The van der Waals surface area contributed by atoms with Gasteiger partial charge in [-0.2, -0.15) is 15.0 Å². The van der Waals surface area contributed by atoms with E-state index in [1.165, 1.54) is 0 Å². The fraction of sp³-hybridized carbons (Fsp3) is 0.391. The summed E-state index contributed by atoms with van der Waals surface area (Å²) < 4.78 is 22.3. The van der Waals surface area contributed by atoms with Crippen LogP contribution in [-0.2, 0) is 19.6 Å². The third kappa shape index (κ3) is 16.4. The van der Waals surface area contributed by atoms with Crippen LogP contribution in [0.25, 0.3) is 33.1 Å². The van der Waals surface area contributed by atoms with E-state index >= 15 is 0 Å². The van der Waals surface area contributed by atoms with Crippen LogP contribution in [0.15, 0.2) is 37.2 Å². The fourth-order valence-electron chi connectivity index (χ4n) is 9.77. The van der Waals surface area contributed by atoms with Crippen LogP contribution in [0, 0.1) is 77.1 Å². The standard InChI is InChI=1S/C23H28ClN5O2.C22H26ClN5O2.C19H20ClN5O2/c1-14-11-26-17(15(2)19(14)31-5)13-29-12-16(9-7-6-8-10-23(3,4)30)18-20(24)27-22(25)28-21(18)29;1-13-10-25-16(14(2)18(13)30-5)12-28-11-15(8-6-7-9-22(3,4)29)17-19(23)26-21(24)27-20(17)28;1-10-7-22-14(12(3)16(10)27-4)9-25-8-13(6-5-11(2)26)15-17(20)23-19(21)24-18(15)25/h11-12,30H,6,8,10,13H2,1-5H3,(H2,25,27,28);10-11,29H,7,9,12H2,1-5H3,(H2,24,26,27);7-8,11,26H,9H2,1-4H3,(H2,21,23,24). The average molecular weight is 1260 g/mol. The zero-order valence-electron chi connectivity index (χ0n) is 52.0. The van der Waals surface area contributed by atoms with Gasteiger partial charge in [-0.1, -0.05) is 70.3 Å². The second-order valence-electron chi connectivity index (χ2n) is 22.4. The summed E-state index contributed by atoms with van der Waals surface area (Å²) in [6.07, 6.45) is 13.5. The molecule has 21 nitrogen and oxygen atoms in total. The summed E-state index contributed by atoms with van der Waals surface area (Å²) in [5.74, 6) is 21.0. The molecule has 9 heterocycles. The Hall–Kier alpha value is -8.46. The number of aryl methyl sites for hydroxylation is 3. The second kappa shape index (κ2) is 28.6. The van der Waals surface area contributed by atoms with E-state index in [4.69, 9.17) is 66.2 Å². The van der Waals surface area contributed by atoms with Gasteiger partial charge >= 0.3 is 0 Å². The van der Waals surface area contributed by atoms with E-state index in [0.29, 0.717) is 89.5 Å². The van der Waals surface area contributed by atoms with Crippen molar-refractivity contribution in [2.75, 3.05) is 38.5 Å². The Kier molecular flexibility index (Phi) is 21.8. The zero-order chi connectivity index (χ0) is 64.5. The Labute approximate surface area is 527 Å². The molecule has 9 N–H and O–H groups in total. The molecular formula is C64H74Cl3N15O6. The van der Waals surface area contributed by atoms with Crippen LogP contribution in [0.1, 0.15) is 134 Å². The molecule has 0 amide bonds. The molecule has 9 aromatic rings. The Morgan fingerprint density at radius 1 is 0.511 bits per heavy atom. The number of hydrogen-bond donors (Lipinski definition) is 6. The van der Waals surface area contributed by atoms with E-state index in [-0.39, 0.29) is 33.3 Å². The van der Waals surface area contributed by atoms with Gasteiger partial charge in [-0.3, -0.25) is 15.0 Å². The van der Waals surface area contributed by atoms with Gasteiger partial charge in [-0.25, -0.2) is 15.0 Å². The van der Waals surface area contributed by atoms with E-state index in [2.05, 4.69) is 80.4 Å². The molecule has 0 aliphatic heterocycles. The number of rotatable bonds is 14. The lowest BCUT2D eigenvalue weighted by Gasteiger charge is -2.15. The molecule has 0 bridgehead atoms. The number of anilines is 3. The largest absolute Gasteiger partial charge is 0.496 e. The number of pyridine rings is 3. The maximum Gasteiger partial charge on any atom is 0.223 e. The Bertz CT molecular complexity index is 4260. The van der Waals surface area contributed by atoms with Crippen molar-refractivity contribution in [1.29, 1.82) is 0 Å². The highest BCUT2D eigenvalue weighted by atomic mass is 35.5. The van der Waals surface area contributed by atoms with E-state index < -0.39 is 17.3 Å². The third-order valence-corrected chi connectivity index (χ3v) is 14.9. The number of aliphatic hydroxyl groups is 3. The molecule has 88 heavy (non-hydrogen) atoms. The van der Waals surface area contributed by atoms with Gasteiger partial charge in [0.25, 0.3) is 0 Å². The van der Waals surface area contributed by atoms with Crippen molar-refractivity contribution in [2.24, 2.45) is 0 Å². The SMILES string of the molecule is COc1c(C)cnc(Cn2cc(C#CC(C)O)c3c(Cl)nc(N)nc32)c1C.COc1c(C)cnc(Cn2cc(C#CCCC(C)(C)O)c3c(Cl)nc(N)nc32)c1C.COc1c(C)cnc(Cn2cc(C#CCCCC(C)(C)O)c3c(Cl)nc(N)nc32)c1C. The topological polar surface area (TPSA) is 297 Å². The molecule has 1 atom stereocenters. The molecule has 462 valence electrons. The highest BCUT2D eigenvalue weighted by Crippen LogP contribution is 2.33. The molecule has 24 heteroatoms. The number of hydrogen-bond acceptors (Lipinski definition) is 18. The van der Waals surface area contributed by atoms with E-state index in [9.17, 15) is 15.3 Å². The lowest BCUT2D eigenvalue weighted by molar-refractivity contribution is 0.0692. The lowest BCUT2D eigenvalue weighted by atomic mass is 10.0. The van der Waals surface area contributed by atoms with Crippen molar-refractivity contribution in [3.8, 4) is 52.8 Å². The van der Waals surface area contributed by atoms with Gasteiger partial charge in [0.05, 0.1) is 102 Å². The van der Waals surface area contributed by atoms with Crippen LogP contribution in [0.3, 0.4) is 0 Å². The molecule has 1 unspecified atom stereocenters. The predicted molar refractivity (Wildman–Crippen MR) is 347 cm³/mol. The van der Waals surface area contributed by atoms with Crippen LogP contribution in [-0.4, -0.2) is 113 Å². The summed E-state index contributed by atoms with van der Waals surface area (Å²) in [5.41, 5.74) is 28.2. The number of nitrogens with two attached hydrogens (primary N) is 3. The Morgan fingerprint density at radius 3 is 1.14 bits per heavy atom. The summed E-state index contributed by atoms with van der Waals surface area (Å²) in [5, 5.41) is 31.9. The molecular weight excluding hydrogens is 1180 g/mol. The molecule has 0 aliphatic rings. The monoisotopic (exact) mass is 1250 g/mol. The molecule has 0 saturated carbocycles. The van der Waals surface area contributed by atoms with Gasteiger partial charge in [0.1, 0.15) is 55.8 Å². The first-order valence-electron chi connectivity index (χ1n) is 28.1. The van der Waals surface area contributed by atoms with E-state index in [0.717, 1.165) is 79.7 Å². The van der Waals surface area contributed by atoms with Crippen molar-refractivity contribution in [3.63, 3.8) is 0 Å². The number of nitrogens with zero attached hydrogens (tertiary/aromatic N) is 12. The van der Waals surface area contributed by atoms with Crippen LogP contribution >= 0.6 is 34.8 Å². The smallest absolute Gasteiger partial charge is 0.223 e. The number of ether oxygens (including phenoxy) is 3. The van der Waals surface area contributed by atoms with Crippen molar-refractivity contribution in [2.45, 2.75) is 145 Å². The number of aromatic nitrogens is 12. The highest BCUT2D eigenvalue weighted by Gasteiger charge is 2.22. The van der Waals surface area contributed by atoms with Gasteiger partial charge < -0.3 is 60.4 Å². The van der Waals surface area contributed by atoms with Gasteiger partial charge in [0.15, 0.2) is 0 Å². The fourth-order valence-corrected chi connectivity index (χ4v) is 10.6. The van der Waals surface area contributed by atoms with Crippen molar-refractivity contribution >= 4 is 85.7 Å². The van der Waals surface area contributed by atoms with Crippen LogP contribution in [0.2, 0.25) is 15.5 Å². The van der Waals surface area contributed by atoms with Gasteiger partial charge in [-0.15, -0.1) is 0 Å². The predicted octanol–water partition coefficient (Wildman–Crippen LogP) is 10.1. The van der Waals surface area contributed by atoms with E-state index in [1.807, 2.05) is 73.8 Å². The van der Waals surface area contributed by atoms with Crippen LogP contribution in [0.4, 0.5) is 17.8 Å². The maximum absolute atomic E-state index is 9.87. The minimum atomic E-state index is -0.762. The quantitative estimate of drug-likeness (QED) is 0.0335. The minimum absolute atomic E-state index is 0.0769. The first-order valence-corrected chi connectivity index (χ1v) is 29.2. The summed E-state index contributed by atoms with van der Waals surface area (Å²) in [6, 6.07) is 0. The van der Waals surface area contributed by atoms with Crippen molar-refractivity contribution in [1.82, 2.24) is 58.6 Å². The number of methoxy groups -OCH3 is 3. The van der Waals surface area contributed by atoms with Crippen molar-refractivity contribution in [3.05, 3.63) is 120 Å². The molecule has 0 aliphatic carbocycles. The van der Waals surface area contributed by atoms with Crippen molar-refractivity contribution < 1.29 is 29.5 Å². The first kappa shape index (κ1) is 67.1. The van der Waals surface area contributed by atoms with Gasteiger partial charge in [0, 0.05) is 83.4 Å². The second-order valence-corrected chi connectivity index (χ2v) is 23.5. The number of halogens is 3. The average Bonchev–Trinajstić information content (AvgIpc) is 1.93. The number of aliphatic hydroxyl groups excluding tert-OH is 1.